The van der Waals surface area contributed by atoms with Crippen LogP contribution in [0, 0.1) is 6.92 Å². The Labute approximate surface area is 196 Å². The molecule has 1 amide bonds. The highest BCUT2D eigenvalue weighted by Gasteiger charge is 2.14. The van der Waals surface area contributed by atoms with E-state index in [1.54, 1.807) is 11.7 Å². The summed E-state index contributed by atoms with van der Waals surface area (Å²) in [5.74, 6) is 0.645. The van der Waals surface area contributed by atoms with Gasteiger partial charge in [0.05, 0.1) is 30.4 Å². The first-order valence-electron chi connectivity index (χ1n) is 10.6. The first-order chi connectivity index (χ1) is 16.0. The van der Waals surface area contributed by atoms with E-state index in [1.165, 1.54) is 5.56 Å². The number of aryl methyl sites for hydroxylation is 1. The quantitative estimate of drug-likeness (QED) is 0.401. The minimum absolute atomic E-state index is 0.0975. The van der Waals surface area contributed by atoms with Crippen LogP contribution in [0.3, 0.4) is 0 Å². The van der Waals surface area contributed by atoms with Gasteiger partial charge in [-0.2, -0.15) is 0 Å². The number of rotatable bonds is 8. The van der Waals surface area contributed by atoms with Crippen molar-refractivity contribution in [2.24, 2.45) is 0 Å². The van der Waals surface area contributed by atoms with Crippen LogP contribution < -0.4 is 15.6 Å². The number of benzene rings is 3. The Hall–Kier alpha value is -3.58. The average Bonchev–Trinajstić information content (AvgIpc) is 2.84. The maximum absolute atomic E-state index is 13.3. The predicted octanol–water partition coefficient (Wildman–Crippen LogP) is 4.17. The molecule has 168 valence electrons. The molecule has 1 heterocycles. The molecule has 0 aliphatic heterocycles. The van der Waals surface area contributed by atoms with Gasteiger partial charge in [0.2, 0.25) is 5.91 Å². The molecule has 1 aromatic heterocycles. The Kier molecular flexibility index (Phi) is 7.10. The predicted molar refractivity (Wildman–Crippen MR) is 132 cm³/mol. The molecule has 4 rings (SSSR count). The Morgan fingerprint density at radius 1 is 1.03 bits per heavy atom. The maximum atomic E-state index is 13.3. The van der Waals surface area contributed by atoms with Gasteiger partial charge in [-0.15, -0.1) is 0 Å². The minimum atomic E-state index is -0.197. The summed E-state index contributed by atoms with van der Waals surface area (Å²) in [7, 11) is 1.60. The van der Waals surface area contributed by atoms with Gasteiger partial charge < -0.3 is 10.1 Å². The number of thioether (sulfide) groups is 1. The first kappa shape index (κ1) is 22.6. The number of nitrogens with one attached hydrogen (secondary N) is 1. The van der Waals surface area contributed by atoms with E-state index in [-0.39, 0.29) is 17.2 Å². The molecule has 1 N–H and O–H groups in total. The molecule has 0 unspecified atom stereocenters. The molecule has 0 bridgehead atoms. The van der Waals surface area contributed by atoms with Gasteiger partial charge in [0.15, 0.2) is 5.03 Å². The number of para-hydroxylation sites is 3. The molecule has 0 radical (unpaired) electrons. The zero-order chi connectivity index (χ0) is 23.2. The molecular weight excluding hydrogens is 434 g/mol. The summed E-state index contributed by atoms with van der Waals surface area (Å²) in [5.41, 5.74) is 4.39. The second-order valence-corrected chi connectivity index (χ2v) is 8.62. The lowest BCUT2D eigenvalue weighted by atomic mass is 10.1. The summed E-state index contributed by atoms with van der Waals surface area (Å²) >= 11 is 1.15. The van der Waals surface area contributed by atoms with Crippen LogP contribution in [-0.4, -0.2) is 28.3 Å². The van der Waals surface area contributed by atoms with E-state index in [1.807, 2.05) is 79.7 Å². The highest BCUT2D eigenvalue weighted by Crippen LogP contribution is 2.19. The fraction of sp³-hybridized carbons (Fsp3) is 0.192. The zero-order valence-corrected chi connectivity index (χ0v) is 19.4. The molecular formula is C26H25N3O3S. The van der Waals surface area contributed by atoms with Gasteiger partial charge in [-0.3, -0.25) is 14.2 Å². The summed E-state index contributed by atoms with van der Waals surface area (Å²) in [6, 6.07) is 23.2. The number of amides is 1. The molecule has 7 heteroatoms. The molecule has 0 saturated heterocycles. The Balaban J connectivity index is 1.51. The van der Waals surface area contributed by atoms with Crippen LogP contribution in [0.5, 0.6) is 5.75 Å². The van der Waals surface area contributed by atoms with Crippen LogP contribution in [0.25, 0.3) is 11.0 Å². The zero-order valence-electron chi connectivity index (χ0n) is 18.6. The molecule has 0 fully saturated rings. The molecule has 0 saturated carbocycles. The number of aromatic nitrogens is 2. The molecule has 33 heavy (non-hydrogen) atoms. The number of methoxy groups -OCH3 is 1. The van der Waals surface area contributed by atoms with E-state index in [4.69, 9.17) is 4.74 Å². The fourth-order valence-corrected chi connectivity index (χ4v) is 4.29. The van der Waals surface area contributed by atoms with Crippen molar-refractivity contribution in [1.82, 2.24) is 14.9 Å². The summed E-state index contributed by atoms with van der Waals surface area (Å²) in [4.78, 5) is 30.3. The van der Waals surface area contributed by atoms with Gasteiger partial charge >= 0.3 is 0 Å². The normalized spacial score (nSPS) is 10.8. The molecule has 0 aliphatic carbocycles. The van der Waals surface area contributed by atoms with Crippen molar-refractivity contribution in [2.45, 2.75) is 25.0 Å². The summed E-state index contributed by atoms with van der Waals surface area (Å²) in [5, 5.41) is 3.20. The molecule has 6 nitrogen and oxygen atoms in total. The van der Waals surface area contributed by atoms with Crippen molar-refractivity contribution in [3.63, 3.8) is 0 Å². The van der Waals surface area contributed by atoms with Crippen molar-refractivity contribution in [3.8, 4) is 5.75 Å². The number of hydrogen-bond acceptors (Lipinski definition) is 5. The van der Waals surface area contributed by atoms with Gasteiger partial charge in [0.1, 0.15) is 5.75 Å². The Morgan fingerprint density at radius 3 is 2.55 bits per heavy atom. The van der Waals surface area contributed by atoms with Gasteiger partial charge in [0.25, 0.3) is 5.56 Å². The van der Waals surface area contributed by atoms with E-state index < -0.39 is 0 Å². The van der Waals surface area contributed by atoms with Gasteiger partial charge in [-0.1, -0.05) is 71.9 Å². The minimum Gasteiger partial charge on any atom is -0.496 e. The van der Waals surface area contributed by atoms with Crippen molar-refractivity contribution in [3.05, 3.63) is 99.8 Å². The van der Waals surface area contributed by atoms with Crippen LogP contribution in [-0.2, 0) is 17.9 Å². The van der Waals surface area contributed by atoms with Gasteiger partial charge in [-0.25, -0.2) is 4.98 Å². The van der Waals surface area contributed by atoms with Gasteiger partial charge in [0, 0.05) is 12.1 Å². The van der Waals surface area contributed by atoms with Crippen molar-refractivity contribution < 1.29 is 9.53 Å². The van der Waals surface area contributed by atoms with Crippen molar-refractivity contribution in [2.75, 3.05) is 12.9 Å². The average molecular weight is 460 g/mol. The maximum Gasteiger partial charge on any atom is 0.283 e. The highest BCUT2D eigenvalue weighted by molar-refractivity contribution is 7.99. The van der Waals surface area contributed by atoms with Crippen LogP contribution >= 0.6 is 11.8 Å². The summed E-state index contributed by atoms with van der Waals surface area (Å²) in [6.45, 7) is 2.83. The van der Waals surface area contributed by atoms with E-state index in [2.05, 4.69) is 10.3 Å². The Morgan fingerprint density at radius 2 is 1.76 bits per heavy atom. The van der Waals surface area contributed by atoms with Crippen molar-refractivity contribution in [1.29, 1.82) is 0 Å². The smallest absolute Gasteiger partial charge is 0.283 e. The third-order valence-electron chi connectivity index (χ3n) is 5.29. The first-order valence-corrected chi connectivity index (χ1v) is 11.6. The lowest BCUT2D eigenvalue weighted by Crippen LogP contribution is -2.27. The third-order valence-corrected chi connectivity index (χ3v) is 6.24. The number of hydrogen-bond donors (Lipinski definition) is 1. The number of carbonyl (C=O) groups is 1. The summed E-state index contributed by atoms with van der Waals surface area (Å²) < 4.78 is 7.05. The molecule has 4 aromatic rings. The second-order valence-electron chi connectivity index (χ2n) is 7.66. The van der Waals surface area contributed by atoms with Crippen LogP contribution in [0.4, 0.5) is 0 Å². The monoisotopic (exact) mass is 459 g/mol. The molecule has 0 aliphatic rings. The Bertz CT molecular complexity index is 1330. The SMILES string of the molecule is COc1ccccc1CNC(=O)CSc1nc2ccccc2n(Cc2ccc(C)cc2)c1=O. The fourth-order valence-electron chi connectivity index (χ4n) is 3.52. The van der Waals surface area contributed by atoms with E-state index >= 15 is 0 Å². The third kappa shape index (κ3) is 5.43. The highest BCUT2D eigenvalue weighted by atomic mass is 32.2. The molecule has 0 atom stereocenters. The number of fused-ring (bicyclic) bond motifs is 1. The largest absolute Gasteiger partial charge is 0.496 e. The standard InChI is InChI=1S/C26H25N3O3S/c1-18-11-13-19(14-12-18)16-29-22-9-5-4-8-21(22)28-25(26(29)31)33-17-24(30)27-15-20-7-3-6-10-23(20)32-2/h3-14H,15-17H2,1-2H3,(H,27,30). The lowest BCUT2D eigenvalue weighted by molar-refractivity contribution is -0.118. The summed E-state index contributed by atoms with van der Waals surface area (Å²) in [6.07, 6.45) is 0. The number of ether oxygens (including phenoxy) is 1. The second kappa shape index (κ2) is 10.4. The molecule has 0 spiro atoms. The van der Waals surface area contributed by atoms with Crippen molar-refractivity contribution >= 4 is 28.7 Å². The van der Waals surface area contributed by atoms with Gasteiger partial charge in [-0.05, 0) is 30.7 Å². The number of carbonyl (C=O) groups excluding carboxylic acids is 1. The van der Waals surface area contributed by atoms with Crippen LogP contribution in [0.1, 0.15) is 16.7 Å². The topological polar surface area (TPSA) is 73.2 Å². The van der Waals surface area contributed by atoms with Crippen LogP contribution in [0.15, 0.2) is 82.6 Å². The molecule has 3 aromatic carbocycles. The van der Waals surface area contributed by atoms with E-state index in [0.717, 1.165) is 39.7 Å². The van der Waals surface area contributed by atoms with Crippen LogP contribution in [0.2, 0.25) is 0 Å². The number of nitrogens with zero attached hydrogens (tertiary/aromatic N) is 2. The van der Waals surface area contributed by atoms with E-state index in [0.29, 0.717) is 18.1 Å². The lowest BCUT2D eigenvalue weighted by Gasteiger charge is -2.13. The van der Waals surface area contributed by atoms with E-state index in [9.17, 15) is 9.59 Å².